The molecule has 1 atom stereocenters. The number of hydrogen-bond acceptors (Lipinski definition) is 2. The van der Waals surface area contributed by atoms with Crippen molar-refractivity contribution in [1.29, 1.82) is 0 Å². The summed E-state index contributed by atoms with van der Waals surface area (Å²) in [5, 5.41) is 0. The number of aryl methyl sites for hydroxylation is 2. The summed E-state index contributed by atoms with van der Waals surface area (Å²) in [6.45, 7) is 4.12. The largest absolute Gasteiger partial charge is 0.320 e. The van der Waals surface area contributed by atoms with E-state index < -0.39 is 0 Å². The molecule has 0 radical (unpaired) electrons. The van der Waals surface area contributed by atoms with Gasteiger partial charge in [-0.3, -0.25) is 4.98 Å². The molecule has 0 saturated heterocycles. The summed E-state index contributed by atoms with van der Waals surface area (Å²) in [6, 6.07) is 8.06. The predicted molar refractivity (Wildman–Crippen MR) is 73.9 cm³/mol. The Morgan fingerprint density at radius 1 is 1.18 bits per heavy atom. The van der Waals surface area contributed by atoms with Crippen LogP contribution < -0.4 is 5.73 Å². The molecule has 3 heteroatoms. The van der Waals surface area contributed by atoms with Crippen LogP contribution in [0.4, 0.5) is 0 Å². The Morgan fingerprint density at radius 3 is 2.65 bits per heavy atom. The molecule has 0 aliphatic heterocycles. The molecule has 0 spiro atoms. The van der Waals surface area contributed by atoms with Crippen LogP contribution >= 0.6 is 15.9 Å². The number of nitrogens with two attached hydrogens (primary N) is 1. The molecular weight excluding hydrogens is 276 g/mol. The zero-order valence-corrected chi connectivity index (χ0v) is 11.5. The van der Waals surface area contributed by atoms with Crippen molar-refractivity contribution in [2.45, 2.75) is 19.9 Å². The third-order valence-electron chi connectivity index (χ3n) is 2.90. The van der Waals surface area contributed by atoms with E-state index in [4.69, 9.17) is 5.73 Å². The summed E-state index contributed by atoms with van der Waals surface area (Å²) in [6.07, 6.45) is 3.63. The molecule has 0 bridgehead atoms. The molecule has 0 aliphatic carbocycles. The first-order valence-corrected chi connectivity index (χ1v) is 6.31. The minimum Gasteiger partial charge on any atom is -0.320 e. The van der Waals surface area contributed by atoms with Crippen molar-refractivity contribution in [3.05, 3.63) is 63.4 Å². The van der Waals surface area contributed by atoms with E-state index in [1.165, 1.54) is 11.1 Å². The highest BCUT2D eigenvalue weighted by atomic mass is 79.9. The lowest BCUT2D eigenvalue weighted by Crippen LogP contribution is -2.14. The fraction of sp³-hybridized carbons (Fsp3) is 0.214. The Labute approximate surface area is 110 Å². The van der Waals surface area contributed by atoms with Crippen molar-refractivity contribution in [2.75, 3.05) is 0 Å². The van der Waals surface area contributed by atoms with Crippen molar-refractivity contribution >= 4 is 15.9 Å². The van der Waals surface area contributed by atoms with E-state index in [0.717, 1.165) is 15.6 Å². The van der Waals surface area contributed by atoms with Crippen LogP contribution in [0.25, 0.3) is 0 Å². The van der Waals surface area contributed by atoms with Gasteiger partial charge in [-0.05, 0) is 42.7 Å². The first-order valence-electron chi connectivity index (χ1n) is 5.51. The van der Waals surface area contributed by atoms with E-state index in [9.17, 15) is 0 Å². The zero-order chi connectivity index (χ0) is 12.4. The third-order valence-corrected chi connectivity index (χ3v) is 3.62. The Balaban J connectivity index is 2.47. The number of rotatable bonds is 2. The average Bonchev–Trinajstić information content (AvgIpc) is 2.32. The summed E-state index contributed by atoms with van der Waals surface area (Å²) >= 11 is 3.55. The maximum Gasteiger partial charge on any atom is 0.0580 e. The number of pyridine rings is 1. The topological polar surface area (TPSA) is 38.9 Å². The fourth-order valence-electron chi connectivity index (χ4n) is 1.87. The van der Waals surface area contributed by atoms with E-state index >= 15 is 0 Å². The molecule has 1 aromatic carbocycles. The normalized spacial score (nSPS) is 12.5. The van der Waals surface area contributed by atoms with Gasteiger partial charge in [-0.25, -0.2) is 0 Å². The van der Waals surface area contributed by atoms with Gasteiger partial charge in [0.1, 0.15) is 0 Å². The highest BCUT2D eigenvalue weighted by Crippen LogP contribution is 2.28. The summed E-state index contributed by atoms with van der Waals surface area (Å²) < 4.78 is 1.04. The van der Waals surface area contributed by atoms with Gasteiger partial charge < -0.3 is 5.73 Å². The fourth-order valence-corrected chi connectivity index (χ4v) is 2.36. The smallest absolute Gasteiger partial charge is 0.0580 e. The minimum absolute atomic E-state index is 0.141. The van der Waals surface area contributed by atoms with E-state index in [2.05, 4.69) is 46.9 Å². The number of benzene rings is 1. The van der Waals surface area contributed by atoms with Gasteiger partial charge in [0.25, 0.3) is 0 Å². The molecule has 0 saturated carbocycles. The molecule has 2 nitrogen and oxygen atoms in total. The molecule has 1 unspecified atom stereocenters. The number of halogens is 1. The molecule has 1 aromatic heterocycles. The lowest BCUT2D eigenvalue weighted by atomic mass is 9.96. The Bertz CT molecular complexity index is 537. The number of hydrogen-bond donors (Lipinski definition) is 1. The molecular formula is C14H15BrN2. The van der Waals surface area contributed by atoms with Crippen LogP contribution in [0.1, 0.15) is 28.3 Å². The van der Waals surface area contributed by atoms with Gasteiger partial charge in [0.15, 0.2) is 0 Å². The maximum atomic E-state index is 6.32. The van der Waals surface area contributed by atoms with Crippen molar-refractivity contribution in [2.24, 2.45) is 5.73 Å². The Kier molecular flexibility index (Phi) is 3.60. The van der Waals surface area contributed by atoms with Crippen LogP contribution in [-0.2, 0) is 0 Å². The van der Waals surface area contributed by atoms with Gasteiger partial charge in [-0.1, -0.05) is 33.6 Å². The predicted octanol–water partition coefficient (Wildman–Crippen LogP) is 3.51. The third kappa shape index (κ3) is 2.56. The van der Waals surface area contributed by atoms with E-state index in [1.54, 1.807) is 6.20 Å². The van der Waals surface area contributed by atoms with Crippen LogP contribution in [0.5, 0.6) is 0 Å². The molecule has 0 aliphatic rings. The van der Waals surface area contributed by atoms with Gasteiger partial charge in [0.05, 0.1) is 6.04 Å². The molecule has 2 aromatic rings. The SMILES string of the molecule is Cc1ccc(Br)c(C(N)c2cnccc2C)c1. The lowest BCUT2D eigenvalue weighted by Gasteiger charge is -2.16. The maximum absolute atomic E-state index is 6.32. The van der Waals surface area contributed by atoms with Gasteiger partial charge in [-0.2, -0.15) is 0 Å². The summed E-state index contributed by atoms with van der Waals surface area (Å²) in [5.41, 5.74) is 10.9. The molecule has 0 fully saturated rings. The van der Waals surface area contributed by atoms with Crippen molar-refractivity contribution in [3.63, 3.8) is 0 Å². The lowest BCUT2D eigenvalue weighted by molar-refractivity contribution is 0.846. The highest BCUT2D eigenvalue weighted by Gasteiger charge is 2.14. The van der Waals surface area contributed by atoms with Crippen LogP contribution in [-0.4, -0.2) is 4.98 Å². The molecule has 2 rings (SSSR count). The second-order valence-electron chi connectivity index (χ2n) is 4.23. The van der Waals surface area contributed by atoms with Crippen molar-refractivity contribution in [1.82, 2.24) is 4.98 Å². The van der Waals surface area contributed by atoms with E-state index in [0.29, 0.717) is 0 Å². The van der Waals surface area contributed by atoms with Gasteiger partial charge in [0, 0.05) is 16.9 Å². The van der Waals surface area contributed by atoms with Gasteiger partial charge in [-0.15, -0.1) is 0 Å². The Morgan fingerprint density at radius 2 is 1.94 bits per heavy atom. The minimum atomic E-state index is -0.141. The highest BCUT2D eigenvalue weighted by molar-refractivity contribution is 9.10. The summed E-state index contributed by atoms with van der Waals surface area (Å²) in [4.78, 5) is 4.15. The monoisotopic (exact) mass is 290 g/mol. The molecule has 2 N–H and O–H groups in total. The van der Waals surface area contributed by atoms with Crippen LogP contribution in [0.2, 0.25) is 0 Å². The zero-order valence-electron chi connectivity index (χ0n) is 9.94. The molecule has 1 heterocycles. The first-order chi connectivity index (χ1) is 8.09. The van der Waals surface area contributed by atoms with E-state index in [-0.39, 0.29) is 6.04 Å². The molecule has 0 amide bonds. The number of aromatic nitrogens is 1. The van der Waals surface area contributed by atoms with Crippen LogP contribution in [0.15, 0.2) is 41.1 Å². The standard InChI is InChI=1S/C14H15BrN2/c1-9-3-4-13(15)11(7-9)14(16)12-8-17-6-5-10(12)2/h3-8,14H,16H2,1-2H3. The Hall–Kier alpha value is -1.19. The van der Waals surface area contributed by atoms with Gasteiger partial charge >= 0.3 is 0 Å². The first kappa shape index (κ1) is 12.3. The van der Waals surface area contributed by atoms with E-state index in [1.807, 2.05) is 18.3 Å². The summed E-state index contributed by atoms with van der Waals surface area (Å²) in [5.74, 6) is 0. The van der Waals surface area contributed by atoms with Crippen LogP contribution in [0.3, 0.4) is 0 Å². The van der Waals surface area contributed by atoms with Crippen molar-refractivity contribution < 1.29 is 0 Å². The quantitative estimate of drug-likeness (QED) is 0.919. The second kappa shape index (κ2) is 4.98. The molecule has 17 heavy (non-hydrogen) atoms. The summed E-state index contributed by atoms with van der Waals surface area (Å²) in [7, 11) is 0. The van der Waals surface area contributed by atoms with Crippen LogP contribution in [0, 0.1) is 13.8 Å². The second-order valence-corrected chi connectivity index (χ2v) is 5.09. The molecule has 88 valence electrons. The average molecular weight is 291 g/mol. The van der Waals surface area contributed by atoms with Gasteiger partial charge in [0.2, 0.25) is 0 Å². The number of nitrogens with zero attached hydrogens (tertiary/aromatic N) is 1. The van der Waals surface area contributed by atoms with Crippen molar-refractivity contribution in [3.8, 4) is 0 Å².